The number of carbonyl (C=O) groups excluding carboxylic acids is 1. The summed E-state index contributed by atoms with van der Waals surface area (Å²) in [6, 6.07) is -0.345. The fourth-order valence-electron chi connectivity index (χ4n) is 1.24. The van der Waals surface area contributed by atoms with Gasteiger partial charge in [-0.25, -0.2) is 4.98 Å². The van der Waals surface area contributed by atoms with Gasteiger partial charge in [0.05, 0.1) is 18.2 Å². The lowest BCUT2D eigenvalue weighted by molar-refractivity contribution is -0.119. The third kappa shape index (κ3) is 3.39. The zero-order valence-corrected chi connectivity index (χ0v) is 11.2. The summed E-state index contributed by atoms with van der Waals surface area (Å²) in [6.07, 6.45) is 1.06. The molecule has 0 spiro atoms. The Balaban J connectivity index is 2.70. The van der Waals surface area contributed by atoms with Gasteiger partial charge in [-0.05, 0) is 6.42 Å². The second kappa shape index (κ2) is 5.06. The molecule has 0 aromatic carbocycles. The topological polar surface area (TPSA) is 56.0 Å². The molecule has 0 aliphatic rings. The van der Waals surface area contributed by atoms with Crippen LogP contribution in [0.2, 0.25) is 0 Å². The number of Topliss-reactive ketones (excluding diaryl/α,β-unsaturated/α-hetero) is 1. The number of aromatic nitrogens is 1. The Morgan fingerprint density at radius 3 is 2.62 bits per heavy atom. The lowest BCUT2D eigenvalue weighted by atomic mass is 9.93. The van der Waals surface area contributed by atoms with Gasteiger partial charge < -0.3 is 5.73 Å². The van der Waals surface area contributed by atoms with Gasteiger partial charge in [0.2, 0.25) is 0 Å². The van der Waals surface area contributed by atoms with Crippen molar-refractivity contribution < 1.29 is 4.79 Å². The maximum Gasteiger partial charge on any atom is 0.156 e. The lowest BCUT2D eigenvalue weighted by Crippen LogP contribution is -2.30. The van der Waals surface area contributed by atoms with Crippen LogP contribution in [0.3, 0.4) is 0 Å². The number of hydrogen-bond acceptors (Lipinski definition) is 4. The number of ketones is 1. The van der Waals surface area contributed by atoms with Crippen molar-refractivity contribution in [2.24, 2.45) is 5.73 Å². The fraction of sp³-hybridized carbons (Fsp3) is 0.667. The van der Waals surface area contributed by atoms with Crippen molar-refractivity contribution in [3.05, 3.63) is 16.1 Å². The minimum Gasteiger partial charge on any atom is -0.322 e. The third-order valence-electron chi connectivity index (χ3n) is 2.50. The smallest absolute Gasteiger partial charge is 0.156 e. The van der Waals surface area contributed by atoms with E-state index in [1.165, 1.54) is 0 Å². The first-order valence-electron chi connectivity index (χ1n) is 5.57. The average Bonchev–Trinajstić information content (AvgIpc) is 2.64. The van der Waals surface area contributed by atoms with Crippen LogP contribution in [0.4, 0.5) is 0 Å². The van der Waals surface area contributed by atoms with Gasteiger partial charge in [-0.2, -0.15) is 0 Å². The highest BCUT2D eigenvalue weighted by molar-refractivity contribution is 7.09. The molecule has 1 atom stereocenters. The molecular weight excluding hydrogens is 220 g/mol. The van der Waals surface area contributed by atoms with E-state index in [4.69, 9.17) is 5.73 Å². The number of thiazole rings is 1. The highest BCUT2D eigenvalue weighted by atomic mass is 32.1. The minimum absolute atomic E-state index is 0.0463. The predicted octanol–water partition coefficient (Wildman–Crippen LogP) is 2.29. The maximum atomic E-state index is 11.6. The largest absolute Gasteiger partial charge is 0.322 e. The van der Waals surface area contributed by atoms with Gasteiger partial charge in [-0.15, -0.1) is 11.3 Å². The van der Waals surface area contributed by atoms with Crippen LogP contribution in [-0.4, -0.2) is 16.8 Å². The molecule has 1 unspecified atom stereocenters. The minimum atomic E-state index is -0.345. The van der Waals surface area contributed by atoms with Crippen LogP contribution in [0.15, 0.2) is 5.38 Å². The van der Waals surface area contributed by atoms with Crippen LogP contribution in [0.25, 0.3) is 0 Å². The van der Waals surface area contributed by atoms with Gasteiger partial charge in [0, 0.05) is 10.8 Å². The van der Waals surface area contributed by atoms with E-state index in [2.05, 4.69) is 25.8 Å². The van der Waals surface area contributed by atoms with E-state index in [-0.39, 0.29) is 17.2 Å². The molecule has 0 saturated heterocycles. The first-order valence-corrected chi connectivity index (χ1v) is 6.45. The number of hydrogen-bond donors (Lipinski definition) is 1. The van der Waals surface area contributed by atoms with E-state index in [0.29, 0.717) is 12.8 Å². The zero-order chi connectivity index (χ0) is 12.3. The second-order valence-electron chi connectivity index (χ2n) is 5.03. The highest BCUT2D eigenvalue weighted by Crippen LogP contribution is 2.24. The number of carbonyl (C=O) groups is 1. The Morgan fingerprint density at radius 1 is 1.56 bits per heavy atom. The number of nitrogens with zero attached hydrogens (tertiary/aromatic N) is 1. The Bertz CT molecular complexity index is 365. The van der Waals surface area contributed by atoms with E-state index in [1.54, 1.807) is 11.3 Å². The van der Waals surface area contributed by atoms with Crippen molar-refractivity contribution in [1.29, 1.82) is 0 Å². The third-order valence-corrected chi connectivity index (χ3v) is 3.35. The SMILES string of the molecule is CCC(N)C(=O)Cc1nc(C(C)(C)C)cs1. The fourth-order valence-corrected chi connectivity index (χ4v) is 2.27. The van der Waals surface area contributed by atoms with Gasteiger partial charge in [-0.3, -0.25) is 4.79 Å². The summed E-state index contributed by atoms with van der Waals surface area (Å²) >= 11 is 1.55. The highest BCUT2D eigenvalue weighted by Gasteiger charge is 2.19. The molecule has 0 fully saturated rings. The standard InChI is InChI=1S/C12H20N2OS/c1-5-8(13)9(15)6-11-14-10(7-16-11)12(2,3)4/h7-8H,5-6,13H2,1-4H3. The van der Waals surface area contributed by atoms with Gasteiger partial charge in [0.1, 0.15) is 5.01 Å². The molecule has 4 heteroatoms. The van der Waals surface area contributed by atoms with Crippen LogP contribution in [0.5, 0.6) is 0 Å². The molecule has 2 N–H and O–H groups in total. The van der Waals surface area contributed by atoms with Crippen LogP contribution in [0.1, 0.15) is 44.8 Å². The second-order valence-corrected chi connectivity index (χ2v) is 5.98. The zero-order valence-electron chi connectivity index (χ0n) is 10.4. The molecule has 1 aromatic heterocycles. The summed E-state index contributed by atoms with van der Waals surface area (Å²) in [7, 11) is 0. The predicted molar refractivity (Wildman–Crippen MR) is 67.8 cm³/mol. The molecule has 3 nitrogen and oxygen atoms in total. The molecule has 0 bridgehead atoms. The van der Waals surface area contributed by atoms with Gasteiger partial charge >= 0.3 is 0 Å². The summed E-state index contributed by atoms with van der Waals surface area (Å²) in [5, 5.41) is 2.90. The Kier molecular flexibility index (Phi) is 4.21. The van der Waals surface area contributed by atoms with Crippen molar-refractivity contribution in [3.63, 3.8) is 0 Å². The van der Waals surface area contributed by atoms with Gasteiger partial charge in [-0.1, -0.05) is 27.7 Å². The van der Waals surface area contributed by atoms with Crippen molar-refractivity contribution >= 4 is 17.1 Å². The van der Waals surface area contributed by atoms with Gasteiger partial charge in [0.25, 0.3) is 0 Å². The van der Waals surface area contributed by atoms with E-state index in [0.717, 1.165) is 10.7 Å². The van der Waals surface area contributed by atoms with E-state index in [9.17, 15) is 4.79 Å². The van der Waals surface area contributed by atoms with Crippen LogP contribution >= 0.6 is 11.3 Å². The molecule has 16 heavy (non-hydrogen) atoms. The average molecular weight is 240 g/mol. The monoisotopic (exact) mass is 240 g/mol. The van der Waals surface area contributed by atoms with Crippen molar-refractivity contribution in [2.45, 2.75) is 52.0 Å². The molecular formula is C12H20N2OS. The first-order chi connectivity index (χ1) is 7.34. The molecule has 0 radical (unpaired) electrons. The van der Waals surface area contributed by atoms with E-state index >= 15 is 0 Å². The van der Waals surface area contributed by atoms with Crippen molar-refractivity contribution in [3.8, 4) is 0 Å². The molecule has 0 amide bonds. The van der Waals surface area contributed by atoms with Gasteiger partial charge in [0.15, 0.2) is 5.78 Å². The summed E-state index contributed by atoms with van der Waals surface area (Å²) in [5.41, 5.74) is 6.78. The Morgan fingerprint density at radius 2 is 2.19 bits per heavy atom. The number of nitrogens with two attached hydrogens (primary N) is 1. The molecule has 90 valence electrons. The molecule has 1 aromatic rings. The summed E-state index contributed by atoms with van der Waals surface area (Å²) < 4.78 is 0. The lowest BCUT2D eigenvalue weighted by Gasteiger charge is -2.14. The molecule has 0 aliphatic carbocycles. The Labute approximate surface area is 101 Å². The summed E-state index contributed by atoms with van der Waals surface area (Å²) in [6.45, 7) is 8.27. The van der Waals surface area contributed by atoms with E-state index in [1.807, 2.05) is 12.3 Å². The maximum absolute atomic E-state index is 11.6. The number of rotatable bonds is 4. The summed E-state index contributed by atoms with van der Waals surface area (Å²) in [5.74, 6) is 0.0808. The van der Waals surface area contributed by atoms with Crippen LogP contribution < -0.4 is 5.73 Å². The van der Waals surface area contributed by atoms with Crippen molar-refractivity contribution in [1.82, 2.24) is 4.98 Å². The van der Waals surface area contributed by atoms with E-state index < -0.39 is 0 Å². The first kappa shape index (κ1) is 13.3. The summed E-state index contributed by atoms with van der Waals surface area (Å²) in [4.78, 5) is 16.1. The molecule has 0 saturated carbocycles. The quantitative estimate of drug-likeness (QED) is 0.878. The normalized spacial score (nSPS) is 13.8. The molecule has 0 aliphatic heterocycles. The Hall–Kier alpha value is -0.740. The van der Waals surface area contributed by atoms with Crippen LogP contribution in [0, 0.1) is 0 Å². The molecule has 1 rings (SSSR count). The molecule has 1 heterocycles. The van der Waals surface area contributed by atoms with Crippen LogP contribution in [-0.2, 0) is 16.6 Å². The van der Waals surface area contributed by atoms with Crippen molar-refractivity contribution in [2.75, 3.05) is 0 Å².